The number of aliphatic carboxylic acids is 1. The minimum absolute atomic E-state index is 0.102. The molecule has 34 heavy (non-hydrogen) atoms. The second-order valence-electron chi connectivity index (χ2n) is 9.47. The first-order valence-electron chi connectivity index (χ1n) is 12.5. The lowest BCUT2D eigenvalue weighted by atomic mass is 9.95. The minimum atomic E-state index is -0.764. The topological polar surface area (TPSA) is 91.8 Å². The summed E-state index contributed by atoms with van der Waals surface area (Å²) in [5.41, 5.74) is 1.63. The molecule has 2 aromatic rings. The van der Waals surface area contributed by atoms with Gasteiger partial charge < -0.3 is 20.1 Å². The van der Waals surface area contributed by atoms with Crippen LogP contribution in [0.15, 0.2) is 42.5 Å². The van der Waals surface area contributed by atoms with Gasteiger partial charge in [-0.25, -0.2) is 0 Å². The van der Waals surface area contributed by atoms with Crippen LogP contribution in [0.2, 0.25) is 0 Å². The summed E-state index contributed by atoms with van der Waals surface area (Å²) in [6.07, 6.45) is 8.28. The molecule has 1 aromatic heterocycles. The minimum Gasteiger partial charge on any atom is -0.481 e. The molecule has 0 radical (unpaired) electrons. The SMILES string of the molecule is O=C(O)C[C@@H]1CCCN(c2ccc(C(=O)NC3CCCCC3)c(OCCc3ccccc3)n2)C1. The van der Waals surface area contributed by atoms with Gasteiger partial charge in [0, 0.05) is 32.0 Å². The van der Waals surface area contributed by atoms with E-state index in [2.05, 4.69) is 22.3 Å². The average molecular weight is 466 g/mol. The van der Waals surface area contributed by atoms with Crippen molar-refractivity contribution in [2.45, 2.75) is 63.8 Å². The zero-order valence-corrected chi connectivity index (χ0v) is 19.7. The van der Waals surface area contributed by atoms with Gasteiger partial charge in [0.05, 0.1) is 6.61 Å². The highest BCUT2D eigenvalue weighted by Gasteiger charge is 2.25. The molecule has 7 nitrogen and oxygen atoms in total. The predicted octanol–water partition coefficient (Wildman–Crippen LogP) is 4.46. The van der Waals surface area contributed by atoms with Gasteiger partial charge in [-0.05, 0) is 49.3 Å². The Balaban J connectivity index is 1.49. The first kappa shape index (κ1) is 24.0. The summed E-state index contributed by atoms with van der Waals surface area (Å²) in [6.45, 7) is 1.89. The van der Waals surface area contributed by atoms with Crippen molar-refractivity contribution in [1.82, 2.24) is 10.3 Å². The third kappa shape index (κ3) is 6.72. The van der Waals surface area contributed by atoms with Crippen LogP contribution in [0, 0.1) is 5.92 Å². The van der Waals surface area contributed by atoms with E-state index < -0.39 is 5.97 Å². The van der Waals surface area contributed by atoms with E-state index in [1.165, 1.54) is 12.0 Å². The van der Waals surface area contributed by atoms with Gasteiger partial charge in [-0.1, -0.05) is 49.6 Å². The Labute approximate surface area is 201 Å². The number of nitrogens with zero attached hydrogens (tertiary/aromatic N) is 2. The summed E-state index contributed by atoms with van der Waals surface area (Å²) >= 11 is 0. The molecule has 2 heterocycles. The van der Waals surface area contributed by atoms with E-state index in [1.807, 2.05) is 24.3 Å². The Hall–Kier alpha value is -3.09. The molecule has 1 aliphatic carbocycles. The normalized spacial score (nSPS) is 18.9. The standard InChI is InChI=1S/C27H35N3O4/c31-25(32)18-21-10-7-16-30(19-21)24-14-13-23(26(33)28-22-11-5-2-6-12-22)27(29-24)34-17-15-20-8-3-1-4-9-20/h1,3-4,8-9,13-14,21-22H,2,5-7,10-12,15-19H2,(H,28,33)(H,31,32)/t21-/m0/s1. The van der Waals surface area contributed by atoms with E-state index in [1.54, 1.807) is 6.07 Å². The van der Waals surface area contributed by atoms with Crippen LogP contribution in [-0.2, 0) is 11.2 Å². The number of amides is 1. The van der Waals surface area contributed by atoms with Crippen molar-refractivity contribution in [1.29, 1.82) is 0 Å². The van der Waals surface area contributed by atoms with Gasteiger partial charge in [-0.15, -0.1) is 0 Å². The lowest BCUT2D eigenvalue weighted by Crippen LogP contribution is -2.38. The van der Waals surface area contributed by atoms with E-state index in [9.17, 15) is 14.7 Å². The monoisotopic (exact) mass is 465 g/mol. The highest BCUT2D eigenvalue weighted by Crippen LogP contribution is 2.28. The number of hydrogen-bond donors (Lipinski definition) is 2. The van der Waals surface area contributed by atoms with E-state index in [0.717, 1.165) is 57.3 Å². The number of carboxylic acids is 1. The number of benzene rings is 1. The number of pyridine rings is 1. The Morgan fingerprint density at radius 1 is 1.03 bits per heavy atom. The third-order valence-electron chi connectivity index (χ3n) is 6.81. The lowest BCUT2D eigenvalue weighted by molar-refractivity contribution is -0.138. The molecule has 1 atom stereocenters. The molecule has 2 aliphatic rings. The third-order valence-corrected chi connectivity index (χ3v) is 6.81. The van der Waals surface area contributed by atoms with Crippen LogP contribution in [0.1, 0.15) is 67.3 Å². The highest BCUT2D eigenvalue weighted by atomic mass is 16.5. The van der Waals surface area contributed by atoms with Gasteiger partial charge in [-0.3, -0.25) is 9.59 Å². The number of carboxylic acid groups (broad SMARTS) is 1. The number of piperidine rings is 1. The smallest absolute Gasteiger partial charge is 0.303 e. The maximum absolute atomic E-state index is 13.1. The van der Waals surface area contributed by atoms with Crippen LogP contribution in [0.5, 0.6) is 5.88 Å². The van der Waals surface area contributed by atoms with Crippen molar-refractivity contribution < 1.29 is 19.4 Å². The van der Waals surface area contributed by atoms with Crippen molar-refractivity contribution in [3.05, 3.63) is 53.6 Å². The Kier molecular flexibility index (Phi) is 8.39. The lowest BCUT2D eigenvalue weighted by Gasteiger charge is -2.33. The fourth-order valence-electron chi connectivity index (χ4n) is 5.00. The number of nitrogens with one attached hydrogen (secondary N) is 1. The average Bonchev–Trinajstić information content (AvgIpc) is 2.85. The maximum atomic E-state index is 13.1. The zero-order chi connectivity index (χ0) is 23.8. The van der Waals surface area contributed by atoms with Crippen molar-refractivity contribution in [3.63, 3.8) is 0 Å². The number of carbonyl (C=O) groups excluding carboxylic acids is 1. The summed E-state index contributed by atoms with van der Waals surface area (Å²) in [5.74, 6) is 0.286. The molecule has 0 unspecified atom stereocenters. The van der Waals surface area contributed by atoms with Gasteiger partial charge in [0.2, 0.25) is 5.88 Å². The van der Waals surface area contributed by atoms with Crippen molar-refractivity contribution in [2.75, 3.05) is 24.6 Å². The van der Waals surface area contributed by atoms with Crippen LogP contribution in [0.4, 0.5) is 5.82 Å². The van der Waals surface area contributed by atoms with Crippen LogP contribution in [-0.4, -0.2) is 47.7 Å². The summed E-state index contributed by atoms with van der Waals surface area (Å²) in [6, 6.07) is 14.0. The van der Waals surface area contributed by atoms with Crippen molar-refractivity contribution in [2.24, 2.45) is 5.92 Å². The van der Waals surface area contributed by atoms with Crippen LogP contribution < -0.4 is 15.0 Å². The highest BCUT2D eigenvalue weighted by molar-refractivity contribution is 5.96. The molecule has 1 aromatic carbocycles. The Morgan fingerprint density at radius 2 is 1.82 bits per heavy atom. The van der Waals surface area contributed by atoms with Gasteiger partial charge in [0.1, 0.15) is 11.4 Å². The van der Waals surface area contributed by atoms with E-state index >= 15 is 0 Å². The van der Waals surface area contributed by atoms with Crippen molar-refractivity contribution >= 4 is 17.7 Å². The molecule has 0 spiro atoms. The quantitative estimate of drug-likeness (QED) is 0.568. The molecule has 2 fully saturated rings. The summed E-state index contributed by atoms with van der Waals surface area (Å²) in [4.78, 5) is 31.2. The van der Waals surface area contributed by atoms with Gasteiger partial charge >= 0.3 is 5.97 Å². The van der Waals surface area contributed by atoms with E-state index in [0.29, 0.717) is 24.6 Å². The number of anilines is 1. The van der Waals surface area contributed by atoms with Crippen LogP contribution in [0.3, 0.4) is 0 Å². The number of hydrogen-bond acceptors (Lipinski definition) is 5. The molecule has 1 saturated heterocycles. The molecule has 7 heteroatoms. The molecular formula is C27H35N3O4. The summed E-state index contributed by atoms with van der Waals surface area (Å²) in [5, 5.41) is 12.4. The molecule has 0 bridgehead atoms. The fourth-order valence-corrected chi connectivity index (χ4v) is 5.00. The van der Waals surface area contributed by atoms with E-state index in [4.69, 9.17) is 9.72 Å². The Bertz CT molecular complexity index is 960. The second kappa shape index (κ2) is 11.9. The number of ether oxygens (including phenoxy) is 1. The molecule has 1 aliphatic heterocycles. The van der Waals surface area contributed by atoms with Crippen molar-refractivity contribution in [3.8, 4) is 5.88 Å². The predicted molar refractivity (Wildman–Crippen MR) is 131 cm³/mol. The zero-order valence-electron chi connectivity index (χ0n) is 19.7. The number of carbonyl (C=O) groups is 2. The molecular weight excluding hydrogens is 430 g/mol. The second-order valence-corrected chi connectivity index (χ2v) is 9.47. The van der Waals surface area contributed by atoms with Gasteiger partial charge in [-0.2, -0.15) is 4.98 Å². The fraction of sp³-hybridized carbons (Fsp3) is 0.519. The maximum Gasteiger partial charge on any atom is 0.303 e. The molecule has 4 rings (SSSR count). The van der Waals surface area contributed by atoms with Gasteiger partial charge in [0.15, 0.2) is 0 Å². The van der Waals surface area contributed by atoms with Crippen LogP contribution >= 0.6 is 0 Å². The molecule has 182 valence electrons. The summed E-state index contributed by atoms with van der Waals surface area (Å²) in [7, 11) is 0. The molecule has 1 saturated carbocycles. The van der Waals surface area contributed by atoms with Gasteiger partial charge in [0.25, 0.3) is 5.91 Å². The first-order valence-corrected chi connectivity index (χ1v) is 12.5. The van der Waals surface area contributed by atoms with E-state index in [-0.39, 0.29) is 24.3 Å². The largest absolute Gasteiger partial charge is 0.481 e. The van der Waals surface area contributed by atoms with Crippen LogP contribution in [0.25, 0.3) is 0 Å². The molecule has 2 N–H and O–H groups in total. The molecule has 1 amide bonds. The Morgan fingerprint density at radius 3 is 2.59 bits per heavy atom. The number of aromatic nitrogens is 1. The first-order chi connectivity index (χ1) is 16.6. The summed E-state index contributed by atoms with van der Waals surface area (Å²) < 4.78 is 6.08. The number of rotatable bonds is 9.